The molecule has 0 amide bonds. The summed E-state index contributed by atoms with van der Waals surface area (Å²) >= 11 is 2.48. The first kappa shape index (κ1) is 28.6. The zero-order valence-corrected chi connectivity index (χ0v) is 25.3. The van der Waals surface area contributed by atoms with Crippen molar-refractivity contribution in [2.45, 2.75) is 43.5 Å². The van der Waals surface area contributed by atoms with Crippen LogP contribution in [-0.2, 0) is 34.2 Å². The highest BCUT2D eigenvalue weighted by Crippen LogP contribution is 2.28. The highest BCUT2D eigenvalue weighted by atomic mass is 79.9. The van der Waals surface area contributed by atoms with Gasteiger partial charge in [-0.25, -0.2) is 8.42 Å². The predicted octanol–water partition coefficient (Wildman–Crippen LogP) is 7.55. The zero-order chi connectivity index (χ0) is 27.4. The van der Waals surface area contributed by atoms with Crippen molar-refractivity contribution in [2.24, 2.45) is 0 Å². The second-order valence-electron chi connectivity index (χ2n) is 9.73. The number of halogens is 1. The van der Waals surface area contributed by atoms with Gasteiger partial charge in [0.15, 0.2) is 9.84 Å². The quantitative estimate of drug-likeness (QED) is 0.199. The molecule has 1 atom stereocenters. The molecule has 4 aromatic rings. The van der Waals surface area contributed by atoms with Crippen LogP contribution in [0.25, 0.3) is 11.1 Å². The van der Waals surface area contributed by atoms with Crippen LogP contribution < -0.4 is 0 Å². The van der Waals surface area contributed by atoms with Crippen molar-refractivity contribution in [3.8, 4) is 11.1 Å². The average molecular weight is 612 g/mol. The Morgan fingerprint density at radius 3 is 2.11 bits per heavy atom. The van der Waals surface area contributed by atoms with Crippen LogP contribution in [0.1, 0.15) is 27.8 Å². The Kier molecular flexibility index (Phi) is 9.16. The fraction of sp³-hybridized carbons (Fsp3) is 0.226. The first-order valence-corrected chi connectivity index (χ1v) is 16.2. The van der Waals surface area contributed by atoms with Crippen LogP contribution >= 0.6 is 15.9 Å². The number of sulfone groups is 1. The number of rotatable bonds is 9. The molecule has 4 aromatic carbocycles. The van der Waals surface area contributed by atoms with Gasteiger partial charge in [0.25, 0.3) is 11.4 Å². The van der Waals surface area contributed by atoms with E-state index < -0.39 is 21.2 Å². The van der Waals surface area contributed by atoms with E-state index in [1.807, 2.05) is 30.3 Å². The first-order valence-electron chi connectivity index (χ1n) is 12.4. The zero-order valence-electron chi connectivity index (χ0n) is 22.1. The molecular formula is C31H33BrNO3S2+. The van der Waals surface area contributed by atoms with Gasteiger partial charge in [0.2, 0.25) is 4.90 Å². The Morgan fingerprint density at radius 2 is 1.47 bits per heavy atom. The van der Waals surface area contributed by atoms with Crippen LogP contribution in [0, 0.1) is 20.8 Å². The van der Waals surface area contributed by atoms with Crippen molar-refractivity contribution in [3.63, 3.8) is 0 Å². The van der Waals surface area contributed by atoms with Crippen molar-refractivity contribution >= 4 is 37.1 Å². The standard InChI is InChI=1S/C31H33BrNO3S2/c1-22-17-23(2)31(24(3)18-22)37(34)33(16-15-25-7-5-9-29(32)19-25)21-26-11-13-27(14-12-26)28-8-6-10-30(20-28)38(4,35)36/h5-14,17-20,34H,15-16,21H2,1-4H3/q+1. The third-order valence-corrected chi connectivity index (χ3v) is 9.89. The lowest BCUT2D eigenvalue weighted by atomic mass is 10.0. The molecule has 0 spiro atoms. The summed E-state index contributed by atoms with van der Waals surface area (Å²) in [6.45, 7) is 7.50. The molecule has 0 aliphatic carbocycles. The van der Waals surface area contributed by atoms with Crippen LogP contribution in [-0.4, -0.2) is 30.1 Å². The van der Waals surface area contributed by atoms with E-state index in [0.29, 0.717) is 18.0 Å². The van der Waals surface area contributed by atoms with Crippen molar-refractivity contribution in [1.82, 2.24) is 4.31 Å². The summed E-state index contributed by atoms with van der Waals surface area (Å²) in [7, 11) is -3.27. The van der Waals surface area contributed by atoms with Crippen LogP contribution in [0.2, 0.25) is 0 Å². The molecule has 7 heteroatoms. The van der Waals surface area contributed by atoms with Gasteiger partial charge in [0.05, 0.1) is 18.0 Å². The molecule has 0 fully saturated rings. The Hall–Kier alpha value is -2.42. The molecule has 4 nitrogen and oxygen atoms in total. The second-order valence-corrected chi connectivity index (χ2v) is 14.1. The van der Waals surface area contributed by atoms with Gasteiger partial charge >= 0.3 is 0 Å². The molecule has 38 heavy (non-hydrogen) atoms. The van der Waals surface area contributed by atoms with Crippen LogP contribution in [0.3, 0.4) is 0 Å². The topological polar surface area (TPSA) is 57.6 Å². The summed E-state index contributed by atoms with van der Waals surface area (Å²) in [5.41, 5.74) is 7.49. The van der Waals surface area contributed by atoms with Crippen molar-refractivity contribution in [1.29, 1.82) is 0 Å². The lowest BCUT2D eigenvalue weighted by molar-refractivity contribution is 0.417. The second kappa shape index (κ2) is 12.2. The fourth-order valence-corrected chi connectivity index (χ4v) is 7.27. The SMILES string of the molecule is Cc1cc(C)c([S+](O)N(CCc2cccc(Br)c2)Cc2ccc(-c3cccc(S(C)(=O)=O)c3)cc2)c(C)c1. The Morgan fingerprint density at radius 1 is 0.816 bits per heavy atom. The van der Waals surface area contributed by atoms with Crippen LogP contribution in [0.5, 0.6) is 0 Å². The van der Waals surface area contributed by atoms with E-state index in [0.717, 1.165) is 43.6 Å². The summed E-state index contributed by atoms with van der Waals surface area (Å²) in [6.07, 6.45) is 2.03. The van der Waals surface area contributed by atoms with E-state index in [1.165, 1.54) is 17.4 Å². The van der Waals surface area contributed by atoms with Gasteiger partial charge in [-0.2, -0.15) is 4.55 Å². The summed E-state index contributed by atoms with van der Waals surface area (Å²) in [5.74, 6) is 0. The third kappa shape index (κ3) is 7.16. The third-order valence-electron chi connectivity index (χ3n) is 6.48. The molecule has 4 rings (SSSR count). The smallest absolute Gasteiger partial charge is 0.224 e. The summed E-state index contributed by atoms with van der Waals surface area (Å²) in [6, 6.07) is 27.7. The molecule has 0 saturated carbocycles. The van der Waals surface area contributed by atoms with E-state index in [-0.39, 0.29) is 0 Å². The minimum absolute atomic E-state index is 0.311. The van der Waals surface area contributed by atoms with Gasteiger partial charge < -0.3 is 0 Å². The lowest BCUT2D eigenvalue weighted by Crippen LogP contribution is -2.33. The van der Waals surface area contributed by atoms with E-state index >= 15 is 0 Å². The van der Waals surface area contributed by atoms with Crippen molar-refractivity contribution in [2.75, 3.05) is 12.8 Å². The minimum atomic E-state index is -3.27. The largest absolute Gasteiger partial charge is 0.278 e. The van der Waals surface area contributed by atoms with Gasteiger partial charge in [-0.15, -0.1) is 0 Å². The molecule has 0 saturated heterocycles. The molecule has 1 N–H and O–H groups in total. The molecule has 0 aromatic heterocycles. The number of benzene rings is 4. The lowest BCUT2D eigenvalue weighted by Gasteiger charge is -2.19. The number of aryl methyl sites for hydroxylation is 3. The van der Waals surface area contributed by atoms with Gasteiger partial charge in [0, 0.05) is 21.9 Å². The van der Waals surface area contributed by atoms with Gasteiger partial charge in [-0.3, -0.25) is 0 Å². The molecule has 0 heterocycles. The normalized spacial score (nSPS) is 12.6. The Balaban J connectivity index is 1.60. The van der Waals surface area contributed by atoms with E-state index in [9.17, 15) is 13.0 Å². The first-order chi connectivity index (χ1) is 18.0. The number of nitrogens with zero attached hydrogens (tertiary/aromatic N) is 1. The molecule has 0 bridgehead atoms. The molecular weight excluding hydrogens is 578 g/mol. The van der Waals surface area contributed by atoms with Crippen molar-refractivity contribution in [3.05, 3.63) is 117 Å². The Bertz CT molecular complexity index is 1510. The van der Waals surface area contributed by atoms with Crippen LogP contribution in [0.15, 0.2) is 99.2 Å². The highest BCUT2D eigenvalue weighted by Gasteiger charge is 2.34. The molecule has 0 radical (unpaired) electrons. The minimum Gasteiger partial charge on any atom is -0.224 e. The highest BCUT2D eigenvalue weighted by molar-refractivity contribution is 9.10. The maximum Gasteiger partial charge on any atom is 0.278 e. The van der Waals surface area contributed by atoms with Gasteiger partial charge in [-0.1, -0.05) is 86.5 Å². The van der Waals surface area contributed by atoms with E-state index in [2.05, 4.69) is 77.4 Å². The summed E-state index contributed by atoms with van der Waals surface area (Å²) in [5, 5.41) is 0. The molecule has 198 valence electrons. The maximum atomic E-state index is 12.0. The summed E-state index contributed by atoms with van der Waals surface area (Å²) in [4.78, 5) is 1.30. The molecule has 0 aliphatic heterocycles. The monoisotopic (exact) mass is 610 g/mol. The van der Waals surface area contributed by atoms with E-state index in [1.54, 1.807) is 18.2 Å². The number of hydrogen-bond donors (Lipinski definition) is 1. The molecule has 0 aliphatic rings. The fourth-order valence-electron chi connectivity index (χ4n) is 4.67. The summed E-state index contributed by atoms with van der Waals surface area (Å²) < 4.78 is 38.8. The van der Waals surface area contributed by atoms with E-state index in [4.69, 9.17) is 0 Å². The maximum absolute atomic E-state index is 12.0. The Labute approximate surface area is 238 Å². The van der Waals surface area contributed by atoms with Gasteiger partial charge in [-0.05, 0) is 73.7 Å². The molecule has 1 unspecified atom stereocenters. The predicted molar refractivity (Wildman–Crippen MR) is 162 cm³/mol. The van der Waals surface area contributed by atoms with Gasteiger partial charge in [0.1, 0.15) is 0 Å². The number of hydrogen-bond acceptors (Lipinski definition) is 4. The van der Waals surface area contributed by atoms with Crippen LogP contribution in [0.4, 0.5) is 0 Å². The average Bonchev–Trinajstić information content (AvgIpc) is 2.86. The van der Waals surface area contributed by atoms with Crippen molar-refractivity contribution < 1.29 is 13.0 Å².